The molecule has 19 heavy (non-hydrogen) atoms. The number of hydrogen-bond acceptors (Lipinski definition) is 2. The Hall–Kier alpha value is -0.930. The molecule has 2 atom stereocenters. The molecule has 0 aromatic heterocycles. The Morgan fingerprint density at radius 1 is 1.16 bits per heavy atom. The standard InChI is InChI=1S/C16H22FNO/c17-15-7-5-13(6-8-15)16(19)9-3-4-14(16)12-18-10-1-2-11-18/h5-8,14,19H,1-4,9-12H2. The van der Waals surface area contributed by atoms with Crippen LogP contribution >= 0.6 is 0 Å². The second-order valence-corrected chi connectivity index (χ2v) is 6.03. The molecule has 1 aromatic carbocycles. The average Bonchev–Trinajstić information content (AvgIpc) is 3.03. The summed E-state index contributed by atoms with van der Waals surface area (Å²) in [4.78, 5) is 2.46. The van der Waals surface area contributed by atoms with Crippen molar-refractivity contribution in [1.82, 2.24) is 4.90 Å². The lowest BCUT2D eigenvalue weighted by Crippen LogP contribution is -2.38. The molecule has 0 radical (unpaired) electrons. The summed E-state index contributed by atoms with van der Waals surface area (Å²) >= 11 is 0. The molecule has 1 N–H and O–H groups in total. The van der Waals surface area contributed by atoms with Gasteiger partial charge in [-0.15, -0.1) is 0 Å². The number of halogens is 1. The Balaban J connectivity index is 1.78. The van der Waals surface area contributed by atoms with E-state index >= 15 is 0 Å². The van der Waals surface area contributed by atoms with Gasteiger partial charge in [0.15, 0.2) is 0 Å². The average molecular weight is 263 g/mol. The van der Waals surface area contributed by atoms with Crippen molar-refractivity contribution in [2.24, 2.45) is 5.92 Å². The predicted octanol–water partition coefficient (Wildman–Crippen LogP) is 2.91. The van der Waals surface area contributed by atoms with E-state index in [0.717, 1.165) is 44.5 Å². The van der Waals surface area contributed by atoms with Crippen LogP contribution in [0, 0.1) is 11.7 Å². The van der Waals surface area contributed by atoms with E-state index in [9.17, 15) is 9.50 Å². The molecule has 2 fully saturated rings. The fourth-order valence-corrected chi connectivity index (χ4v) is 3.70. The third kappa shape index (κ3) is 2.54. The largest absolute Gasteiger partial charge is 0.385 e. The van der Waals surface area contributed by atoms with E-state index in [-0.39, 0.29) is 11.7 Å². The van der Waals surface area contributed by atoms with Gasteiger partial charge >= 0.3 is 0 Å². The molecule has 1 saturated carbocycles. The van der Waals surface area contributed by atoms with E-state index in [2.05, 4.69) is 4.90 Å². The van der Waals surface area contributed by atoms with Crippen LogP contribution in [0.1, 0.15) is 37.7 Å². The lowest BCUT2D eigenvalue weighted by Gasteiger charge is -2.33. The Morgan fingerprint density at radius 2 is 1.84 bits per heavy atom. The first-order chi connectivity index (χ1) is 9.18. The van der Waals surface area contributed by atoms with Crippen molar-refractivity contribution in [3.63, 3.8) is 0 Å². The summed E-state index contributed by atoms with van der Waals surface area (Å²) in [6.07, 6.45) is 5.50. The molecule has 1 aliphatic carbocycles. The van der Waals surface area contributed by atoms with Crippen LogP contribution in [-0.2, 0) is 5.60 Å². The Kier molecular flexibility index (Phi) is 3.59. The van der Waals surface area contributed by atoms with Crippen molar-refractivity contribution < 1.29 is 9.50 Å². The molecule has 2 nitrogen and oxygen atoms in total. The van der Waals surface area contributed by atoms with Crippen LogP contribution in [-0.4, -0.2) is 29.6 Å². The summed E-state index contributed by atoms with van der Waals surface area (Å²) in [5.41, 5.74) is 0.131. The zero-order chi connectivity index (χ0) is 13.3. The van der Waals surface area contributed by atoms with E-state index in [1.807, 2.05) is 0 Å². The zero-order valence-electron chi connectivity index (χ0n) is 11.3. The van der Waals surface area contributed by atoms with Crippen molar-refractivity contribution in [3.05, 3.63) is 35.6 Å². The number of hydrogen-bond donors (Lipinski definition) is 1. The quantitative estimate of drug-likeness (QED) is 0.906. The SMILES string of the molecule is OC1(c2ccc(F)cc2)CCCC1CN1CCCC1. The van der Waals surface area contributed by atoms with Gasteiger partial charge in [-0.25, -0.2) is 4.39 Å². The molecule has 1 aromatic rings. The zero-order valence-corrected chi connectivity index (χ0v) is 11.3. The highest BCUT2D eigenvalue weighted by molar-refractivity contribution is 5.25. The van der Waals surface area contributed by atoms with Crippen LogP contribution in [0.4, 0.5) is 4.39 Å². The van der Waals surface area contributed by atoms with Gasteiger partial charge in [0, 0.05) is 12.5 Å². The van der Waals surface area contributed by atoms with Crippen LogP contribution in [0.15, 0.2) is 24.3 Å². The van der Waals surface area contributed by atoms with Crippen molar-refractivity contribution in [1.29, 1.82) is 0 Å². The molecule has 0 bridgehead atoms. The maximum atomic E-state index is 13.0. The highest BCUT2D eigenvalue weighted by Gasteiger charge is 2.43. The van der Waals surface area contributed by atoms with E-state index in [1.54, 1.807) is 12.1 Å². The molecule has 104 valence electrons. The smallest absolute Gasteiger partial charge is 0.123 e. The monoisotopic (exact) mass is 263 g/mol. The minimum Gasteiger partial charge on any atom is -0.385 e. The maximum absolute atomic E-state index is 13.0. The summed E-state index contributed by atoms with van der Waals surface area (Å²) in [5.74, 6) is 0.0532. The molecule has 1 aliphatic heterocycles. The topological polar surface area (TPSA) is 23.5 Å². The second kappa shape index (κ2) is 5.22. The molecular formula is C16H22FNO. The van der Waals surface area contributed by atoms with Crippen LogP contribution in [0.25, 0.3) is 0 Å². The van der Waals surface area contributed by atoms with Gasteiger partial charge in [0.1, 0.15) is 5.82 Å². The van der Waals surface area contributed by atoms with E-state index < -0.39 is 5.60 Å². The van der Waals surface area contributed by atoms with Crippen LogP contribution in [0.5, 0.6) is 0 Å². The molecule has 0 amide bonds. The van der Waals surface area contributed by atoms with Crippen molar-refractivity contribution in [2.75, 3.05) is 19.6 Å². The maximum Gasteiger partial charge on any atom is 0.123 e. The molecule has 1 saturated heterocycles. The number of benzene rings is 1. The molecule has 3 heteroatoms. The summed E-state index contributed by atoms with van der Waals surface area (Å²) in [5, 5.41) is 11.0. The Bertz CT molecular complexity index is 427. The first-order valence-corrected chi connectivity index (χ1v) is 7.39. The van der Waals surface area contributed by atoms with Gasteiger partial charge in [-0.05, 0) is 62.9 Å². The normalized spacial score (nSPS) is 32.0. The highest BCUT2D eigenvalue weighted by Crippen LogP contribution is 2.44. The molecule has 1 heterocycles. The Labute approximate surface area is 114 Å². The molecule has 2 unspecified atom stereocenters. The number of aliphatic hydroxyl groups is 1. The lowest BCUT2D eigenvalue weighted by atomic mass is 9.83. The van der Waals surface area contributed by atoms with E-state index in [4.69, 9.17) is 0 Å². The van der Waals surface area contributed by atoms with Gasteiger partial charge < -0.3 is 10.0 Å². The fourth-order valence-electron chi connectivity index (χ4n) is 3.70. The van der Waals surface area contributed by atoms with Crippen LogP contribution in [0.2, 0.25) is 0 Å². The minimum atomic E-state index is -0.754. The molecule has 0 spiro atoms. The summed E-state index contributed by atoms with van der Waals surface area (Å²) < 4.78 is 13.0. The summed E-state index contributed by atoms with van der Waals surface area (Å²) in [6.45, 7) is 3.31. The van der Waals surface area contributed by atoms with Crippen molar-refractivity contribution in [2.45, 2.75) is 37.7 Å². The van der Waals surface area contributed by atoms with Gasteiger partial charge in [0.05, 0.1) is 5.60 Å². The van der Waals surface area contributed by atoms with Crippen LogP contribution in [0.3, 0.4) is 0 Å². The van der Waals surface area contributed by atoms with Crippen LogP contribution < -0.4 is 0 Å². The molecular weight excluding hydrogens is 241 g/mol. The third-order valence-electron chi connectivity index (χ3n) is 4.81. The van der Waals surface area contributed by atoms with Gasteiger partial charge in [-0.3, -0.25) is 0 Å². The van der Waals surface area contributed by atoms with Gasteiger partial charge in [0.25, 0.3) is 0 Å². The molecule has 3 rings (SSSR count). The number of likely N-dealkylation sites (tertiary alicyclic amines) is 1. The summed E-state index contributed by atoms with van der Waals surface area (Å²) in [6, 6.07) is 6.41. The van der Waals surface area contributed by atoms with E-state index in [0.29, 0.717) is 0 Å². The van der Waals surface area contributed by atoms with Crippen molar-refractivity contribution in [3.8, 4) is 0 Å². The van der Waals surface area contributed by atoms with Gasteiger partial charge in [-0.2, -0.15) is 0 Å². The van der Waals surface area contributed by atoms with Gasteiger partial charge in [0.2, 0.25) is 0 Å². The van der Waals surface area contributed by atoms with Crippen molar-refractivity contribution >= 4 is 0 Å². The highest BCUT2D eigenvalue weighted by atomic mass is 19.1. The second-order valence-electron chi connectivity index (χ2n) is 6.03. The molecule has 2 aliphatic rings. The van der Waals surface area contributed by atoms with Gasteiger partial charge in [-0.1, -0.05) is 12.1 Å². The number of rotatable bonds is 3. The summed E-state index contributed by atoms with van der Waals surface area (Å²) in [7, 11) is 0. The Morgan fingerprint density at radius 3 is 2.53 bits per heavy atom. The lowest BCUT2D eigenvalue weighted by molar-refractivity contribution is -0.0135. The van der Waals surface area contributed by atoms with E-state index in [1.165, 1.54) is 25.0 Å². The fraction of sp³-hybridized carbons (Fsp3) is 0.625. The predicted molar refractivity (Wildman–Crippen MR) is 73.3 cm³/mol. The first kappa shape index (κ1) is 13.1. The first-order valence-electron chi connectivity index (χ1n) is 7.39. The number of nitrogens with zero attached hydrogens (tertiary/aromatic N) is 1. The minimum absolute atomic E-state index is 0.235. The third-order valence-corrected chi connectivity index (χ3v) is 4.81.